The van der Waals surface area contributed by atoms with E-state index in [4.69, 9.17) is 9.47 Å². The zero-order valence-corrected chi connectivity index (χ0v) is 9.21. The van der Waals surface area contributed by atoms with Gasteiger partial charge < -0.3 is 14.8 Å². The van der Waals surface area contributed by atoms with Crippen LogP contribution in [0.5, 0.6) is 0 Å². The summed E-state index contributed by atoms with van der Waals surface area (Å²) in [6, 6.07) is 0. The molecule has 0 aromatic heterocycles. The molecule has 1 aliphatic heterocycles. The van der Waals surface area contributed by atoms with E-state index in [1.807, 2.05) is 7.11 Å². The largest absolute Gasteiger partial charge is 0.381 e. The van der Waals surface area contributed by atoms with Crippen molar-refractivity contribution in [3.63, 3.8) is 0 Å². The molecule has 0 bridgehead atoms. The number of ether oxygens (including phenoxy) is 2. The summed E-state index contributed by atoms with van der Waals surface area (Å²) in [7, 11) is 1.81. The second-order valence-corrected chi connectivity index (χ2v) is 4.70. The first kappa shape index (κ1) is 10.4. The maximum absolute atomic E-state index is 6.10. The van der Waals surface area contributed by atoms with E-state index in [9.17, 15) is 0 Å². The van der Waals surface area contributed by atoms with Crippen LogP contribution in [0.3, 0.4) is 0 Å². The predicted octanol–water partition coefficient (Wildman–Crippen LogP) is 1.32. The number of methoxy groups -OCH3 is 1. The van der Waals surface area contributed by atoms with E-state index in [1.165, 1.54) is 19.3 Å². The molecular formula is C11H21NO2. The summed E-state index contributed by atoms with van der Waals surface area (Å²) in [5.74, 6) is 0. The van der Waals surface area contributed by atoms with Crippen LogP contribution in [0, 0.1) is 0 Å². The van der Waals surface area contributed by atoms with Gasteiger partial charge in [0.15, 0.2) is 0 Å². The van der Waals surface area contributed by atoms with Crippen LogP contribution in [0.4, 0.5) is 0 Å². The normalized spacial score (nSPS) is 44.1. The highest BCUT2D eigenvalue weighted by molar-refractivity contribution is 4.93. The third-order valence-electron chi connectivity index (χ3n) is 3.42. The molecule has 1 heterocycles. The predicted molar refractivity (Wildman–Crippen MR) is 55.4 cm³/mol. The lowest BCUT2D eigenvalue weighted by Gasteiger charge is -2.45. The van der Waals surface area contributed by atoms with Gasteiger partial charge in [0.1, 0.15) is 0 Å². The van der Waals surface area contributed by atoms with Crippen LogP contribution in [0.15, 0.2) is 0 Å². The van der Waals surface area contributed by atoms with E-state index in [0.717, 1.165) is 19.5 Å². The van der Waals surface area contributed by atoms with E-state index in [2.05, 4.69) is 12.2 Å². The smallest absolute Gasteiger partial charge is 0.0835 e. The Morgan fingerprint density at radius 1 is 1.50 bits per heavy atom. The van der Waals surface area contributed by atoms with Gasteiger partial charge in [0.25, 0.3) is 0 Å². The lowest BCUT2D eigenvalue weighted by atomic mass is 9.82. The minimum absolute atomic E-state index is 0.0661. The molecule has 1 N–H and O–H groups in total. The molecule has 3 nitrogen and oxygen atoms in total. The third-order valence-corrected chi connectivity index (χ3v) is 3.42. The molecule has 3 heteroatoms. The van der Waals surface area contributed by atoms with Crippen LogP contribution in [-0.4, -0.2) is 38.0 Å². The minimum Gasteiger partial charge on any atom is -0.381 e. The first-order valence-corrected chi connectivity index (χ1v) is 5.65. The summed E-state index contributed by atoms with van der Waals surface area (Å²) in [5, 5.41) is 3.46. The van der Waals surface area contributed by atoms with Crippen LogP contribution in [0.25, 0.3) is 0 Å². The summed E-state index contributed by atoms with van der Waals surface area (Å²) in [5.41, 5.74) is 0.0661. The van der Waals surface area contributed by atoms with Crippen LogP contribution in [-0.2, 0) is 9.47 Å². The zero-order chi connectivity index (χ0) is 10.0. The number of morpholine rings is 1. The lowest BCUT2D eigenvalue weighted by molar-refractivity contribution is -0.149. The fourth-order valence-corrected chi connectivity index (χ4v) is 2.75. The molecule has 1 saturated carbocycles. The maximum atomic E-state index is 6.10. The molecule has 1 spiro atoms. The highest BCUT2D eigenvalue weighted by Crippen LogP contribution is 2.34. The minimum atomic E-state index is 0.0661. The highest BCUT2D eigenvalue weighted by Gasteiger charge is 2.40. The number of hydrogen-bond donors (Lipinski definition) is 1. The Bertz CT molecular complexity index is 194. The average molecular weight is 199 g/mol. The quantitative estimate of drug-likeness (QED) is 0.691. The van der Waals surface area contributed by atoms with Crippen LogP contribution in [0.2, 0.25) is 0 Å². The van der Waals surface area contributed by atoms with Crippen molar-refractivity contribution in [2.45, 2.75) is 50.4 Å². The van der Waals surface area contributed by atoms with Crippen molar-refractivity contribution < 1.29 is 9.47 Å². The van der Waals surface area contributed by atoms with Crippen LogP contribution < -0.4 is 5.32 Å². The first-order chi connectivity index (χ1) is 6.74. The molecule has 2 aliphatic rings. The molecule has 2 rings (SSSR count). The molecule has 0 aromatic rings. The molecule has 3 atom stereocenters. The molecule has 1 aliphatic carbocycles. The Labute approximate surface area is 86.2 Å². The molecule has 0 aromatic carbocycles. The Morgan fingerprint density at radius 2 is 2.36 bits per heavy atom. The second-order valence-electron chi connectivity index (χ2n) is 4.70. The van der Waals surface area contributed by atoms with E-state index < -0.39 is 0 Å². The van der Waals surface area contributed by atoms with Gasteiger partial charge in [0.05, 0.1) is 17.8 Å². The summed E-state index contributed by atoms with van der Waals surface area (Å²) < 4.78 is 11.6. The van der Waals surface area contributed by atoms with Gasteiger partial charge in [-0.25, -0.2) is 0 Å². The monoisotopic (exact) mass is 199 g/mol. The number of rotatable bonds is 1. The zero-order valence-electron chi connectivity index (χ0n) is 9.21. The summed E-state index contributed by atoms with van der Waals surface area (Å²) in [6.07, 6.45) is 5.41. The highest BCUT2D eigenvalue weighted by atomic mass is 16.5. The Morgan fingerprint density at radius 3 is 3.07 bits per heavy atom. The molecule has 0 radical (unpaired) electrons. The Hall–Kier alpha value is -0.120. The van der Waals surface area contributed by atoms with Gasteiger partial charge in [0.2, 0.25) is 0 Å². The summed E-state index contributed by atoms with van der Waals surface area (Å²) in [4.78, 5) is 0. The average Bonchev–Trinajstić information content (AvgIpc) is 2.17. The van der Waals surface area contributed by atoms with Gasteiger partial charge in [0, 0.05) is 26.6 Å². The summed E-state index contributed by atoms with van der Waals surface area (Å²) in [6.45, 7) is 4.13. The van der Waals surface area contributed by atoms with E-state index >= 15 is 0 Å². The number of hydrogen-bond acceptors (Lipinski definition) is 3. The van der Waals surface area contributed by atoms with Gasteiger partial charge in [-0.3, -0.25) is 0 Å². The Balaban J connectivity index is 1.99. The van der Waals surface area contributed by atoms with Crippen molar-refractivity contribution in [3.8, 4) is 0 Å². The van der Waals surface area contributed by atoms with Crippen molar-refractivity contribution in [1.82, 2.24) is 5.32 Å². The molecular weight excluding hydrogens is 178 g/mol. The summed E-state index contributed by atoms with van der Waals surface area (Å²) >= 11 is 0. The second kappa shape index (κ2) is 4.17. The lowest BCUT2D eigenvalue weighted by Crippen LogP contribution is -2.56. The van der Waals surface area contributed by atoms with Crippen LogP contribution >= 0.6 is 0 Å². The van der Waals surface area contributed by atoms with Gasteiger partial charge in [-0.15, -0.1) is 0 Å². The van der Waals surface area contributed by atoms with Gasteiger partial charge in [-0.05, 0) is 26.2 Å². The molecule has 82 valence electrons. The van der Waals surface area contributed by atoms with Crippen molar-refractivity contribution >= 4 is 0 Å². The van der Waals surface area contributed by atoms with Gasteiger partial charge in [-0.2, -0.15) is 0 Å². The topological polar surface area (TPSA) is 30.5 Å². The first-order valence-electron chi connectivity index (χ1n) is 5.65. The van der Waals surface area contributed by atoms with Crippen molar-refractivity contribution in [2.24, 2.45) is 0 Å². The molecule has 2 fully saturated rings. The van der Waals surface area contributed by atoms with E-state index in [0.29, 0.717) is 12.2 Å². The van der Waals surface area contributed by atoms with Crippen LogP contribution in [0.1, 0.15) is 32.6 Å². The van der Waals surface area contributed by atoms with Gasteiger partial charge >= 0.3 is 0 Å². The standard InChI is InChI=1S/C11H21NO2/c1-9-7-12-8-11(14-9)5-3-4-10(6-11)13-2/h9-10,12H,3-8H2,1-2H3. The fourth-order valence-electron chi connectivity index (χ4n) is 2.75. The number of nitrogens with one attached hydrogen (secondary N) is 1. The van der Waals surface area contributed by atoms with Gasteiger partial charge in [-0.1, -0.05) is 0 Å². The van der Waals surface area contributed by atoms with E-state index in [1.54, 1.807) is 0 Å². The molecule has 3 unspecified atom stereocenters. The SMILES string of the molecule is COC1CCCC2(CNCC(C)O2)C1. The molecule has 0 amide bonds. The third kappa shape index (κ3) is 2.10. The Kier molecular flexibility index (Phi) is 3.10. The molecule has 1 saturated heterocycles. The molecule has 14 heavy (non-hydrogen) atoms. The van der Waals surface area contributed by atoms with Crippen molar-refractivity contribution in [2.75, 3.05) is 20.2 Å². The maximum Gasteiger partial charge on any atom is 0.0835 e. The van der Waals surface area contributed by atoms with Crippen molar-refractivity contribution in [3.05, 3.63) is 0 Å². The fraction of sp³-hybridized carbons (Fsp3) is 1.00. The van der Waals surface area contributed by atoms with E-state index in [-0.39, 0.29) is 5.60 Å². The van der Waals surface area contributed by atoms with Crippen molar-refractivity contribution in [1.29, 1.82) is 0 Å².